The van der Waals surface area contributed by atoms with Crippen molar-refractivity contribution in [2.45, 2.75) is 164 Å². The number of carbonyl (C=O) groups excluding carboxylic acids is 3. The molecule has 0 spiro atoms. The van der Waals surface area contributed by atoms with E-state index < -0.39 is 127 Å². The number of H-pyrrole nitrogens is 1. The van der Waals surface area contributed by atoms with Crippen molar-refractivity contribution in [3.8, 4) is 23.8 Å². The number of nitrogens with zero attached hydrogens (tertiary/aromatic N) is 2. The number of carbonyl (C=O) groups is 3. The lowest BCUT2D eigenvalue weighted by Crippen LogP contribution is -2.51. The molecule has 4 aromatic carbocycles. The van der Waals surface area contributed by atoms with Gasteiger partial charge in [0.15, 0.2) is 40.9 Å². The first-order chi connectivity index (χ1) is 45.2. The number of amides is 3. The van der Waals surface area contributed by atoms with Gasteiger partial charge in [-0.05, 0) is 170 Å². The minimum absolute atomic E-state index is 0.000797. The fourth-order valence-corrected chi connectivity index (χ4v) is 12.9. The largest absolute Gasteiger partial charge is 0.497 e. The Morgan fingerprint density at radius 2 is 1.05 bits per heavy atom. The molecule has 3 aromatic heterocycles. The van der Waals surface area contributed by atoms with Crippen molar-refractivity contribution in [2.75, 3.05) is 31.0 Å². The number of fused-ring (bicyclic) bond motifs is 1. The van der Waals surface area contributed by atoms with Crippen molar-refractivity contribution in [2.24, 2.45) is 0 Å². The molecule has 18 nitrogen and oxygen atoms in total. The Balaban J connectivity index is 0.000000286. The van der Waals surface area contributed by atoms with Crippen LogP contribution < -0.4 is 25.4 Å². The number of alkyl halides is 6. The summed E-state index contributed by atoms with van der Waals surface area (Å²) in [5.74, 6) is 0.0765. The zero-order chi connectivity index (χ0) is 74.0. The second kappa shape index (κ2) is 31.9. The van der Waals surface area contributed by atoms with Crippen molar-refractivity contribution in [1.82, 2.24) is 25.6 Å². The Morgan fingerprint density at radius 3 is 1.44 bits per heavy atom. The van der Waals surface area contributed by atoms with Gasteiger partial charge in [0.2, 0.25) is 0 Å². The maximum atomic E-state index is 14.6. The number of sulfone groups is 2. The minimum atomic E-state index is -5.11. The van der Waals surface area contributed by atoms with E-state index in [0.29, 0.717) is 31.7 Å². The summed E-state index contributed by atoms with van der Waals surface area (Å²) in [4.78, 5) is 48.6. The molecule has 0 fully saturated rings. The van der Waals surface area contributed by atoms with Crippen LogP contribution in [0.1, 0.15) is 156 Å². The molecule has 7 aromatic rings. The first-order valence-corrected chi connectivity index (χ1v) is 34.7. The van der Waals surface area contributed by atoms with Gasteiger partial charge < -0.3 is 40.0 Å². The molecule has 0 aliphatic heterocycles. The Hall–Kier alpha value is -7.92. The van der Waals surface area contributed by atoms with Crippen LogP contribution in [0.5, 0.6) is 11.5 Å². The summed E-state index contributed by atoms with van der Waals surface area (Å²) in [6, 6.07) is 23.4. The third-order valence-electron chi connectivity index (χ3n) is 15.6. The molecule has 98 heavy (non-hydrogen) atoms. The fourth-order valence-electron chi connectivity index (χ4n) is 10.5. The minimum Gasteiger partial charge on any atom is -0.497 e. The average molecular weight is 1530 g/mol. The summed E-state index contributed by atoms with van der Waals surface area (Å²) in [5.41, 5.74) is -7.74. The number of anilines is 1. The van der Waals surface area contributed by atoms with Gasteiger partial charge in [-0.25, -0.2) is 40.4 Å². The lowest BCUT2D eigenvalue weighted by atomic mass is 9.72. The average Bonchev–Trinajstić information content (AvgIpc) is 1.12. The van der Waals surface area contributed by atoms with E-state index >= 15 is 0 Å². The van der Waals surface area contributed by atoms with E-state index in [9.17, 15) is 76.6 Å². The van der Waals surface area contributed by atoms with E-state index in [1.54, 1.807) is 90.1 Å². The molecule has 0 aliphatic rings. The quantitative estimate of drug-likeness (QED) is 0.0209. The molecule has 0 unspecified atom stereocenters. The SMILES string of the molecule is C#CC[C@@](O)(CC(C)(C)c1ccc(F)cc1C(=O)N[C@@H](C)c1ccc(OC)cc1)C(F)(F)F.CCS(=O)(=O)c1cc(I)c(NC(=O)OC(C)(C)C)cn1.CCS(=O)(=O)c1cc2cc(C[C@@](O)(CC(C)(C)c3ccc(F)cc3C(=O)N[C@@H](C)c3ccc(OC)cc3)C(F)(F)F)[nH]c2cn1. The second-order valence-corrected chi connectivity index (χ2v) is 31.0. The molecule has 0 radical (unpaired) electrons. The third-order valence-corrected chi connectivity index (χ3v) is 19.8. The molecule has 0 saturated carbocycles. The number of methoxy groups -OCH3 is 2. The number of aliphatic hydroxyl groups is 2. The number of hydrogen-bond acceptors (Lipinski definition) is 14. The van der Waals surface area contributed by atoms with Gasteiger partial charge in [0.1, 0.15) is 28.7 Å². The number of pyridine rings is 2. The van der Waals surface area contributed by atoms with Gasteiger partial charge in [-0.15, -0.1) is 12.3 Å². The number of benzene rings is 4. The van der Waals surface area contributed by atoms with Gasteiger partial charge in [-0.2, -0.15) is 26.3 Å². The number of nitrogens with one attached hydrogen (secondary N) is 4. The highest BCUT2D eigenvalue weighted by molar-refractivity contribution is 14.1. The van der Waals surface area contributed by atoms with Crippen molar-refractivity contribution < 1.29 is 90.8 Å². The van der Waals surface area contributed by atoms with Gasteiger partial charge in [-0.3, -0.25) is 14.9 Å². The monoisotopic (exact) mass is 1530 g/mol. The van der Waals surface area contributed by atoms with Gasteiger partial charge in [0.25, 0.3) is 11.8 Å². The summed E-state index contributed by atoms with van der Waals surface area (Å²) in [5, 5.41) is 29.7. The predicted molar refractivity (Wildman–Crippen MR) is 363 cm³/mol. The number of ether oxygens (including phenoxy) is 3. The van der Waals surface area contributed by atoms with Crippen LogP contribution in [-0.4, -0.2) is 115 Å². The maximum Gasteiger partial charge on any atom is 0.418 e. The number of halogens is 9. The Bertz CT molecular complexity index is 4260. The molecule has 4 atom stereocenters. The van der Waals surface area contributed by atoms with Crippen LogP contribution in [0.3, 0.4) is 0 Å². The van der Waals surface area contributed by atoms with E-state index in [4.69, 9.17) is 20.6 Å². The summed E-state index contributed by atoms with van der Waals surface area (Å²) in [6.07, 6.45) is -6.65. The normalized spacial score (nSPS) is 14.1. The van der Waals surface area contributed by atoms with Crippen LogP contribution >= 0.6 is 22.6 Å². The second-order valence-electron chi connectivity index (χ2n) is 25.4. The first kappa shape index (κ1) is 80.8. The highest BCUT2D eigenvalue weighted by Gasteiger charge is 2.57. The Morgan fingerprint density at radius 1 is 0.633 bits per heavy atom. The smallest absolute Gasteiger partial charge is 0.418 e. The molecule has 3 heterocycles. The Kier molecular flexibility index (Phi) is 26.3. The molecule has 3 amide bonds. The molecule has 0 aliphatic carbocycles. The zero-order valence-electron chi connectivity index (χ0n) is 56.0. The number of aromatic amines is 1. The van der Waals surface area contributed by atoms with E-state index in [2.05, 4.69) is 30.9 Å². The van der Waals surface area contributed by atoms with Crippen LogP contribution in [-0.2, 0) is 41.7 Å². The van der Waals surface area contributed by atoms with E-state index in [-0.39, 0.29) is 49.5 Å². The van der Waals surface area contributed by atoms with Gasteiger partial charge >= 0.3 is 18.4 Å². The predicted octanol–water partition coefficient (Wildman–Crippen LogP) is 14.3. The highest BCUT2D eigenvalue weighted by Crippen LogP contribution is 2.46. The van der Waals surface area contributed by atoms with Crippen molar-refractivity contribution >= 4 is 76.8 Å². The van der Waals surface area contributed by atoms with E-state index in [1.165, 1.54) is 91.6 Å². The fraction of sp³-hybridized carbons (Fsp3) is 0.406. The first-order valence-electron chi connectivity index (χ1n) is 30.3. The molecule has 0 bridgehead atoms. The number of aromatic nitrogens is 3. The lowest BCUT2D eigenvalue weighted by molar-refractivity contribution is -0.266. The van der Waals surface area contributed by atoms with Crippen molar-refractivity contribution in [3.05, 3.63) is 170 Å². The van der Waals surface area contributed by atoms with E-state index in [0.717, 1.165) is 35.4 Å². The molecular formula is C69H79F8IN6O12S2. The van der Waals surface area contributed by atoms with Gasteiger partial charge in [0, 0.05) is 38.6 Å². The van der Waals surface area contributed by atoms with Crippen molar-refractivity contribution in [3.63, 3.8) is 0 Å². The van der Waals surface area contributed by atoms with Crippen LogP contribution in [0.4, 0.5) is 45.6 Å². The molecule has 0 saturated heterocycles. The molecule has 532 valence electrons. The van der Waals surface area contributed by atoms with Gasteiger partial charge in [0.05, 0.1) is 61.4 Å². The van der Waals surface area contributed by atoms with Crippen LogP contribution in [0.15, 0.2) is 126 Å². The zero-order valence-corrected chi connectivity index (χ0v) is 59.8. The lowest BCUT2D eigenvalue weighted by Gasteiger charge is -2.38. The molecule has 7 rings (SSSR count). The highest BCUT2D eigenvalue weighted by atomic mass is 127. The van der Waals surface area contributed by atoms with Crippen LogP contribution in [0, 0.1) is 27.5 Å². The maximum absolute atomic E-state index is 14.6. The van der Waals surface area contributed by atoms with Gasteiger partial charge in [-0.1, -0.05) is 77.9 Å². The number of hydrogen-bond donors (Lipinski definition) is 6. The summed E-state index contributed by atoms with van der Waals surface area (Å²) < 4.78 is 177. The number of rotatable bonds is 22. The third kappa shape index (κ3) is 21.1. The summed E-state index contributed by atoms with van der Waals surface area (Å²) >= 11 is 1.94. The summed E-state index contributed by atoms with van der Waals surface area (Å²) in [7, 11) is -3.97. The van der Waals surface area contributed by atoms with Crippen LogP contribution in [0.2, 0.25) is 0 Å². The van der Waals surface area contributed by atoms with Crippen molar-refractivity contribution in [1.29, 1.82) is 0 Å². The van der Waals surface area contributed by atoms with Crippen LogP contribution in [0.25, 0.3) is 10.9 Å². The van der Waals surface area contributed by atoms with E-state index in [1.807, 2.05) is 28.5 Å². The molecular weight excluding hydrogens is 1450 g/mol. The number of terminal acetylenes is 1. The topological polar surface area (TPSA) is 265 Å². The Labute approximate surface area is 578 Å². The molecule has 6 N–H and O–H groups in total. The standard InChI is InChI=1S/C32H35F4N3O5S.C25H27F4NO3.C12H17IN2O4S/c1-6-45(42,43)28-14-21-13-23(39-27(21)17-37-28)16-31(41,32(34,35)36)18-30(3,4)26-12-9-22(33)15-25(26)29(40)38-19(2)20-7-10-24(44-5)11-8-20;1-6-13-24(32,25(27,28)29)15-23(3,4)21-12-9-18(26)14-20(21)22(31)30-16(2)17-7-10-19(33-5)11-8-17;1-5-20(17,18)10-6-8(13)9(7-14-10)15-11(16)19-12(2,3)4/h7-15,17,19,39,41H,6,16,18H2,1-5H3,(H,38,40);1,7-12,14,16,32H,13,15H2,2-5H3,(H,30,31);6-7H,5H2,1-4H3,(H,15,16)/t19-,31+;16-,24+;/m00./s1. The molecule has 29 heteroatoms. The summed E-state index contributed by atoms with van der Waals surface area (Å²) in [6.45, 7) is 17.5.